The van der Waals surface area contributed by atoms with Crippen LogP contribution in [0.25, 0.3) is 0 Å². The maximum Gasteiger partial charge on any atom is 0.124 e. The smallest absolute Gasteiger partial charge is 0.124 e. The predicted molar refractivity (Wildman–Crippen MR) is 53.4 cm³/mol. The molecule has 0 saturated carbocycles. The van der Waals surface area contributed by atoms with Crippen LogP contribution in [0.3, 0.4) is 0 Å². The summed E-state index contributed by atoms with van der Waals surface area (Å²) in [6.45, 7) is 1.94. The molecule has 0 spiro atoms. The first-order valence-corrected chi connectivity index (χ1v) is 4.77. The number of halogens is 3. The summed E-state index contributed by atoms with van der Waals surface area (Å²) in [5.74, 6) is 0.162. The van der Waals surface area contributed by atoms with E-state index in [0.29, 0.717) is 5.88 Å². The van der Waals surface area contributed by atoms with Crippen LogP contribution < -0.4 is 0 Å². The van der Waals surface area contributed by atoms with Gasteiger partial charge in [-0.2, -0.15) is 0 Å². The van der Waals surface area contributed by atoms with Gasteiger partial charge in [0.2, 0.25) is 0 Å². The highest BCUT2D eigenvalue weighted by Gasteiger charge is 2.03. The van der Waals surface area contributed by atoms with Crippen molar-refractivity contribution < 1.29 is 4.39 Å². The van der Waals surface area contributed by atoms with Gasteiger partial charge in [0.25, 0.3) is 0 Å². The summed E-state index contributed by atoms with van der Waals surface area (Å²) in [4.78, 5) is 0. The summed E-state index contributed by atoms with van der Waals surface area (Å²) in [6.07, 6.45) is 0. The van der Waals surface area contributed by atoms with Gasteiger partial charge in [-0.15, -0.1) is 11.6 Å². The standard InChI is InChI=1S/C8H7ClFI/c1-5-6(4-9)2-7(10)3-8(5)11/h2-3H,4H2,1H3. The van der Waals surface area contributed by atoms with Crippen molar-refractivity contribution in [3.8, 4) is 0 Å². The van der Waals surface area contributed by atoms with E-state index in [0.717, 1.165) is 14.7 Å². The molecule has 0 radical (unpaired) electrons. The molecule has 0 saturated heterocycles. The molecule has 1 aromatic carbocycles. The Bertz CT molecular complexity index is 273. The molecule has 0 nitrogen and oxygen atoms in total. The second kappa shape index (κ2) is 3.72. The largest absolute Gasteiger partial charge is 0.207 e. The van der Waals surface area contributed by atoms with Gasteiger partial charge in [-0.3, -0.25) is 0 Å². The topological polar surface area (TPSA) is 0 Å². The molecule has 0 aliphatic heterocycles. The lowest BCUT2D eigenvalue weighted by Crippen LogP contribution is -1.90. The molecule has 0 N–H and O–H groups in total. The molecule has 0 aliphatic carbocycles. The normalized spacial score (nSPS) is 10.2. The van der Waals surface area contributed by atoms with Gasteiger partial charge in [-0.1, -0.05) is 0 Å². The van der Waals surface area contributed by atoms with E-state index >= 15 is 0 Å². The number of rotatable bonds is 1. The minimum absolute atomic E-state index is 0.212. The van der Waals surface area contributed by atoms with Crippen molar-refractivity contribution in [2.24, 2.45) is 0 Å². The van der Waals surface area contributed by atoms with Gasteiger partial charge < -0.3 is 0 Å². The fourth-order valence-electron chi connectivity index (χ4n) is 0.838. The Balaban J connectivity index is 3.24. The monoisotopic (exact) mass is 284 g/mol. The highest BCUT2D eigenvalue weighted by atomic mass is 127. The van der Waals surface area contributed by atoms with Gasteiger partial charge >= 0.3 is 0 Å². The molecule has 0 bridgehead atoms. The minimum atomic E-state index is -0.212. The van der Waals surface area contributed by atoms with E-state index in [4.69, 9.17) is 11.6 Å². The molecule has 0 aliphatic rings. The quantitative estimate of drug-likeness (QED) is 0.547. The first-order chi connectivity index (χ1) is 5.15. The van der Waals surface area contributed by atoms with E-state index in [-0.39, 0.29) is 5.82 Å². The van der Waals surface area contributed by atoms with Crippen LogP contribution in [0, 0.1) is 16.3 Å². The molecule has 3 heteroatoms. The lowest BCUT2D eigenvalue weighted by Gasteiger charge is -2.03. The van der Waals surface area contributed by atoms with Crippen molar-refractivity contribution in [2.75, 3.05) is 0 Å². The Kier molecular flexibility index (Phi) is 3.13. The number of benzene rings is 1. The van der Waals surface area contributed by atoms with E-state index < -0.39 is 0 Å². The first kappa shape index (κ1) is 9.26. The number of alkyl halides is 1. The third kappa shape index (κ3) is 2.06. The number of hydrogen-bond acceptors (Lipinski definition) is 0. The highest BCUT2D eigenvalue weighted by Crippen LogP contribution is 2.19. The molecule has 60 valence electrons. The van der Waals surface area contributed by atoms with Crippen LogP contribution in [0.1, 0.15) is 11.1 Å². The van der Waals surface area contributed by atoms with Crippen LogP contribution in [0.5, 0.6) is 0 Å². The zero-order chi connectivity index (χ0) is 8.43. The third-order valence-corrected chi connectivity index (χ3v) is 2.97. The summed E-state index contributed by atoms with van der Waals surface area (Å²) in [5.41, 5.74) is 1.94. The van der Waals surface area contributed by atoms with E-state index in [2.05, 4.69) is 22.6 Å². The predicted octanol–water partition coefficient (Wildman–Crippen LogP) is 3.48. The van der Waals surface area contributed by atoms with Crippen molar-refractivity contribution in [1.82, 2.24) is 0 Å². The van der Waals surface area contributed by atoms with Gasteiger partial charge in [-0.25, -0.2) is 4.39 Å². The lowest BCUT2D eigenvalue weighted by atomic mass is 10.1. The average Bonchev–Trinajstić information content (AvgIpc) is 1.96. The van der Waals surface area contributed by atoms with E-state index in [1.165, 1.54) is 12.1 Å². The van der Waals surface area contributed by atoms with Crippen LogP contribution >= 0.6 is 34.2 Å². The summed E-state index contributed by atoms with van der Waals surface area (Å²) in [5, 5.41) is 0. The summed E-state index contributed by atoms with van der Waals surface area (Å²) in [6, 6.07) is 2.98. The molecule has 0 aromatic heterocycles. The van der Waals surface area contributed by atoms with Crippen molar-refractivity contribution in [2.45, 2.75) is 12.8 Å². The fraction of sp³-hybridized carbons (Fsp3) is 0.250. The second-order valence-corrected chi connectivity index (χ2v) is 3.73. The molecule has 11 heavy (non-hydrogen) atoms. The second-order valence-electron chi connectivity index (χ2n) is 2.31. The zero-order valence-electron chi connectivity index (χ0n) is 6.00. The Labute approximate surface area is 83.9 Å². The fourth-order valence-corrected chi connectivity index (χ4v) is 1.76. The first-order valence-electron chi connectivity index (χ1n) is 3.15. The Hall–Kier alpha value is 0.170. The van der Waals surface area contributed by atoms with Crippen LogP contribution in [0.2, 0.25) is 0 Å². The van der Waals surface area contributed by atoms with Crippen LogP contribution in [0.15, 0.2) is 12.1 Å². The Morgan fingerprint density at radius 3 is 2.73 bits per heavy atom. The summed E-state index contributed by atoms with van der Waals surface area (Å²) in [7, 11) is 0. The van der Waals surface area contributed by atoms with Crippen molar-refractivity contribution in [1.29, 1.82) is 0 Å². The van der Waals surface area contributed by atoms with Gasteiger partial charge in [-0.05, 0) is 52.8 Å². The van der Waals surface area contributed by atoms with Gasteiger partial charge in [0, 0.05) is 9.45 Å². The van der Waals surface area contributed by atoms with Crippen LogP contribution in [-0.2, 0) is 5.88 Å². The molecule has 0 amide bonds. The maximum absolute atomic E-state index is 12.7. The third-order valence-electron chi connectivity index (χ3n) is 1.56. The molecule has 0 fully saturated rings. The average molecular weight is 284 g/mol. The Morgan fingerprint density at radius 1 is 1.55 bits per heavy atom. The Morgan fingerprint density at radius 2 is 2.18 bits per heavy atom. The van der Waals surface area contributed by atoms with Gasteiger partial charge in [0.1, 0.15) is 5.82 Å². The SMILES string of the molecule is Cc1c(I)cc(F)cc1CCl. The molecule has 1 rings (SSSR count). The molecule has 1 aromatic rings. The molecule has 0 atom stereocenters. The van der Waals surface area contributed by atoms with Crippen LogP contribution in [0.4, 0.5) is 4.39 Å². The molecule has 0 heterocycles. The highest BCUT2D eigenvalue weighted by molar-refractivity contribution is 14.1. The molecular weight excluding hydrogens is 277 g/mol. The molecule has 0 unspecified atom stereocenters. The van der Waals surface area contributed by atoms with E-state index in [9.17, 15) is 4.39 Å². The zero-order valence-corrected chi connectivity index (χ0v) is 8.91. The summed E-state index contributed by atoms with van der Waals surface area (Å²) < 4.78 is 13.7. The van der Waals surface area contributed by atoms with Crippen LogP contribution in [-0.4, -0.2) is 0 Å². The molecular formula is C8H7ClFI. The summed E-state index contributed by atoms with van der Waals surface area (Å²) >= 11 is 7.71. The van der Waals surface area contributed by atoms with Crippen molar-refractivity contribution >= 4 is 34.2 Å². The number of hydrogen-bond donors (Lipinski definition) is 0. The van der Waals surface area contributed by atoms with E-state index in [1.54, 1.807) is 0 Å². The van der Waals surface area contributed by atoms with Gasteiger partial charge in [0.15, 0.2) is 0 Å². The minimum Gasteiger partial charge on any atom is -0.207 e. The maximum atomic E-state index is 12.7. The van der Waals surface area contributed by atoms with Crippen molar-refractivity contribution in [3.05, 3.63) is 32.6 Å². The van der Waals surface area contributed by atoms with E-state index in [1.807, 2.05) is 6.92 Å². The lowest BCUT2D eigenvalue weighted by molar-refractivity contribution is 0.624. The van der Waals surface area contributed by atoms with Crippen molar-refractivity contribution in [3.63, 3.8) is 0 Å². The van der Waals surface area contributed by atoms with Gasteiger partial charge in [0.05, 0.1) is 0 Å².